The maximum atomic E-state index is 2.53. The summed E-state index contributed by atoms with van der Waals surface area (Å²) >= 11 is 0. The molecule has 0 N–H and O–H groups in total. The van der Waals surface area contributed by atoms with Crippen molar-refractivity contribution in [3.8, 4) is 33.4 Å². The van der Waals surface area contributed by atoms with Crippen molar-refractivity contribution in [3.63, 3.8) is 0 Å². The van der Waals surface area contributed by atoms with Gasteiger partial charge in [-0.1, -0.05) is 182 Å². The lowest BCUT2D eigenvalue weighted by Crippen LogP contribution is -2.32. The molecule has 0 amide bonds. The second kappa shape index (κ2) is 12.9. The number of fused-ring (bicyclic) bond motifs is 11. The Hall–Kier alpha value is -7.22. The highest BCUT2D eigenvalue weighted by Crippen LogP contribution is 2.63. The summed E-state index contributed by atoms with van der Waals surface area (Å²) in [7, 11) is 0. The number of hydrogen-bond acceptors (Lipinski definition) is 1. The third kappa shape index (κ3) is 4.71. The summed E-state index contributed by atoms with van der Waals surface area (Å²) in [5.41, 5.74) is 18.6. The fourth-order valence-electron chi connectivity index (χ4n) is 10.5. The van der Waals surface area contributed by atoms with Gasteiger partial charge in [-0.05, 0) is 126 Å². The predicted octanol–water partition coefficient (Wildman–Crippen LogP) is 15.2. The monoisotopic (exact) mass is 737 g/mol. The summed E-state index contributed by atoms with van der Waals surface area (Å²) in [5, 5.41) is 5.18. The van der Waals surface area contributed by atoms with Crippen molar-refractivity contribution in [3.05, 3.63) is 240 Å². The lowest BCUT2D eigenvalue weighted by Gasteiger charge is -2.41. The molecule has 0 aliphatic heterocycles. The molecule has 0 radical (unpaired) electrons. The van der Waals surface area contributed by atoms with Crippen LogP contribution < -0.4 is 4.90 Å². The normalized spacial score (nSPS) is 15.9. The van der Waals surface area contributed by atoms with Crippen LogP contribution in [0.2, 0.25) is 0 Å². The quantitative estimate of drug-likeness (QED) is 0.170. The van der Waals surface area contributed by atoms with Crippen LogP contribution in [-0.2, 0) is 5.41 Å². The number of rotatable bonds is 5. The number of nitrogens with zero attached hydrogens (tertiary/aromatic N) is 1. The molecule has 1 unspecified atom stereocenters. The number of benzene rings is 9. The molecular formula is C57H39N. The van der Waals surface area contributed by atoms with Gasteiger partial charge in [0.2, 0.25) is 0 Å². The van der Waals surface area contributed by atoms with Crippen LogP contribution in [0.5, 0.6) is 0 Å². The Kier molecular flexibility index (Phi) is 7.34. The Balaban J connectivity index is 1.18. The van der Waals surface area contributed by atoms with Gasteiger partial charge in [-0.2, -0.15) is 0 Å². The molecule has 3 aliphatic carbocycles. The van der Waals surface area contributed by atoms with Gasteiger partial charge in [0.05, 0.1) is 11.1 Å². The van der Waals surface area contributed by atoms with E-state index in [1.807, 2.05) is 0 Å². The van der Waals surface area contributed by atoms with Gasteiger partial charge in [-0.3, -0.25) is 0 Å². The summed E-state index contributed by atoms with van der Waals surface area (Å²) in [5.74, 6) is 0. The van der Waals surface area contributed by atoms with Crippen molar-refractivity contribution in [1.82, 2.24) is 0 Å². The maximum absolute atomic E-state index is 2.53. The largest absolute Gasteiger partial charge is 0.310 e. The first-order valence-corrected chi connectivity index (χ1v) is 20.5. The summed E-state index contributed by atoms with van der Waals surface area (Å²) in [6.07, 6.45) is 8.85. The Morgan fingerprint density at radius 1 is 0.431 bits per heavy atom. The Morgan fingerprint density at radius 3 is 2.02 bits per heavy atom. The van der Waals surface area contributed by atoms with E-state index in [1.54, 1.807) is 0 Å². The van der Waals surface area contributed by atoms with Crippen LogP contribution in [0.25, 0.3) is 60.5 Å². The molecule has 0 bridgehead atoms. The van der Waals surface area contributed by atoms with Gasteiger partial charge in [-0.25, -0.2) is 0 Å². The zero-order valence-electron chi connectivity index (χ0n) is 32.1. The van der Waals surface area contributed by atoms with Crippen molar-refractivity contribution in [2.75, 3.05) is 4.90 Å². The molecule has 272 valence electrons. The highest BCUT2D eigenvalue weighted by Gasteiger charge is 2.50. The van der Waals surface area contributed by atoms with Gasteiger partial charge in [0, 0.05) is 16.9 Å². The van der Waals surface area contributed by atoms with Crippen molar-refractivity contribution in [2.24, 2.45) is 0 Å². The molecule has 1 spiro atoms. The van der Waals surface area contributed by atoms with Crippen LogP contribution >= 0.6 is 0 Å². The molecule has 3 aliphatic rings. The van der Waals surface area contributed by atoms with Crippen LogP contribution in [0.3, 0.4) is 0 Å². The zero-order valence-corrected chi connectivity index (χ0v) is 32.1. The number of anilines is 3. The van der Waals surface area contributed by atoms with Gasteiger partial charge in [0.1, 0.15) is 0 Å². The van der Waals surface area contributed by atoms with Crippen LogP contribution in [0.1, 0.15) is 40.7 Å². The number of hydrogen-bond donors (Lipinski definition) is 0. The SMILES string of the molecule is C1=CCCC(c2ccccc2N(c2cccc(-c3ccccc3)c2)c2ccc3c(c2)C2(c4ccccc4-3)c3ccc4ccccc4c3-c3cccc4cccc2c34)=C1. The zero-order chi connectivity index (χ0) is 38.2. The second-order valence-electron chi connectivity index (χ2n) is 15.9. The molecule has 0 heterocycles. The lowest BCUT2D eigenvalue weighted by atomic mass is 9.61. The Bertz CT molecular complexity index is 3180. The average Bonchev–Trinajstić information content (AvgIpc) is 3.58. The van der Waals surface area contributed by atoms with Crippen molar-refractivity contribution in [1.29, 1.82) is 0 Å². The van der Waals surface area contributed by atoms with E-state index >= 15 is 0 Å². The molecule has 58 heavy (non-hydrogen) atoms. The van der Waals surface area contributed by atoms with Gasteiger partial charge in [0.15, 0.2) is 0 Å². The highest BCUT2D eigenvalue weighted by molar-refractivity contribution is 6.13. The van der Waals surface area contributed by atoms with Gasteiger partial charge >= 0.3 is 0 Å². The fourth-order valence-corrected chi connectivity index (χ4v) is 10.5. The van der Waals surface area contributed by atoms with Crippen LogP contribution in [0.4, 0.5) is 17.1 Å². The van der Waals surface area contributed by atoms with E-state index in [9.17, 15) is 0 Å². The van der Waals surface area contributed by atoms with E-state index in [4.69, 9.17) is 0 Å². The van der Waals surface area contributed by atoms with E-state index in [1.165, 1.54) is 94.0 Å². The Morgan fingerprint density at radius 2 is 1.12 bits per heavy atom. The summed E-state index contributed by atoms with van der Waals surface area (Å²) in [6, 6.07) is 72.8. The Labute approximate surface area is 339 Å². The minimum atomic E-state index is -0.539. The lowest BCUT2D eigenvalue weighted by molar-refractivity contribution is 0.775. The third-order valence-corrected chi connectivity index (χ3v) is 12.9. The standard InChI is InChI=1S/C57H39N/c1-3-16-38(17-4-1)42-23-13-24-43(36-42)58(54-31-12-10-25-45(54)39-18-5-2-6-19-39)44-33-34-48-47-27-9-11-29-50(47)57(53(48)37-44)51-30-15-22-41-21-14-28-49(55(41)51)56-46-26-8-7-20-40(46)32-35-52(56)57/h1-5,7-18,20-37H,6,19H2. The molecule has 0 aromatic heterocycles. The molecule has 0 saturated heterocycles. The minimum Gasteiger partial charge on any atom is -0.310 e. The summed E-state index contributed by atoms with van der Waals surface area (Å²) in [6.45, 7) is 0. The van der Waals surface area contributed by atoms with Gasteiger partial charge in [0.25, 0.3) is 0 Å². The van der Waals surface area contributed by atoms with Crippen molar-refractivity contribution in [2.45, 2.75) is 18.3 Å². The first kappa shape index (κ1) is 33.0. The molecular weight excluding hydrogens is 699 g/mol. The summed E-state index contributed by atoms with van der Waals surface area (Å²) in [4.78, 5) is 2.51. The number of para-hydroxylation sites is 1. The maximum Gasteiger partial charge on any atom is 0.0726 e. The molecule has 9 aromatic rings. The van der Waals surface area contributed by atoms with Crippen molar-refractivity contribution >= 4 is 44.2 Å². The predicted molar refractivity (Wildman–Crippen MR) is 244 cm³/mol. The molecule has 1 heteroatoms. The molecule has 1 atom stereocenters. The first-order chi connectivity index (χ1) is 28.8. The van der Waals surface area contributed by atoms with Gasteiger partial charge < -0.3 is 4.90 Å². The molecule has 1 nitrogen and oxygen atoms in total. The fraction of sp³-hybridized carbons (Fsp3) is 0.0526. The smallest absolute Gasteiger partial charge is 0.0726 e. The van der Waals surface area contributed by atoms with E-state index in [-0.39, 0.29) is 0 Å². The van der Waals surface area contributed by atoms with Crippen LogP contribution in [0, 0.1) is 0 Å². The number of allylic oxidation sites excluding steroid dienone is 4. The minimum absolute atomic E-state index is 0.539. The van der Waals surface area contributed by atoms with Crippen molar-refractivity contribution < 1.29 is 0 Å². The van der Waals surface area contributed by atoms with E-state index in [0.29, 0.717) is 0 Å². The van der Waals surface area contributed by atoms with Gasteiger partial charge in [-0.15, -0.1) is 0 Å². The second-order valence-corrected chi connectivity index (χ2v) is 15.9. The average molecular weight is 738 g/mol. The van der Waals surface area contributed by atoms with Crippen LogP contribution in [0.15, 0.2) is 212 Å². The highest BCUT2D eigenvalue weighted by atomic mass is 15.1. The summed E-state index contributed by atoms with van der Waals surface area (Å²) < 4.78 is 0. The molecule has 9 aromatic carbocycles. The molecule has 12 rings (SSSR count). The topological polar surface area (TPSA) is 3.24 Å². The van der Waals surface area contributed by atoms with E-state index in [2.05, 4.69) is 217 Å². The molecule has 0 saturated carbocycles. The van der Waals surface area contributed by atoms with E-state index in [0.717, 1.165) is 24.2 Å². The third-order valence-electron chi connectivity index (χ3n) is 12.9. The van der Waals surface area contributed by atoms with Crippen LogP contribution in [-0.4, -0.2) is 0 Å². The first-order valence-electron chi connectivity index (χ1n) is 20.5. The van der Waals surface area contributed by atoms with E-state index < -0.39 is 5.41 Å². The molecule has 0 fully saturated rings.